The van der Waals surface area contributed by atoms with Crippen molar-refractivity contribution in [1.29, 1.82) is 0 Å². The summed E-state index contributed by atoms with van der Waals surface area (Å²) in [5.41, 5.74) is 0. The third-order valence-electron chi connectivity index (χ3n) is 6.33. The molecule has 0 bridgehead atoms. The molecule has 3 aliphatic rings. The summed E-state index contributed by atoms with van der Waals surface area (Å²) in [6, 6.07) is 0. The summed E-state index contributed by atoms with van der Waals surface area (Å²) in [5, 5.41) is 120. The maximum Gasteiger partial charge on any atom is 0.187 e. The van der Waals surface area contributed by atoms with Gasteiger partial charge in [0.15, 0.2) is 12.6 Å². The lowest BCUT2D eigenvalue weighted by atomic mass is 9.84. The van der Waals surface area contributed by atoms with Crippen LogP contribution in [0.5, 0.6) is 0 Å². The van der Waals surface area contributed by atoms with E-state index >= 15 is 0 Å². The lowest BCUT2D eigenvalue weighted by Gasteiger charge is -2.48. The van der Waals surface area contributed by atoms with Crippen LogP contribution in [0.3, 0.4) is 0 Å². The summed E-state index contributed by atoms with van der Waals surface area (Å²) in [5.74, 6) is 0. The standard InChI is InChI=1S/C18H32O16/c19-1-3-5(21)7(23)14(30)17(31-3)34-16-11(27)6(22)4(2-20)32-18(16)33-15-12(28)9(25)8(24)10(26)13(15)29/h3-30H,1-2H2/t3-,4-,5-,6-,7+,8?,9-,10+,11+,12+,13-,14-,15?,16-,17-,18-/m1/s1. The molecule has 2 unspecified atom stereocenters. The van der Waals surface area contributed by atoms with Crippen molar-refractivity contribution in [2.75, 3.05) is 13.2 Å². The lowest BCUT2D eigenvalue weighted by Crippen LogP contribution is -2.68. The van der Waals surface area contributed by atoms with Gasteiger partial charge in [0.2, 0.25) is 0 Å². The SMILES string of the molecule is OC[C@H]1O[C@H](O[C@H]2[C@@H](OC3[C@@H](O)[C@H](O)C(O)[C@H](O)[C@H]3O)O[C@H](CO)[C@@H](O)[C@@H]2O)[C@H](O)[C@@H](O)[C@@H]1O. The fraction of sp³-hybridized carbons (Fsp3) is 1.00. The molecule has 2 saturated heterocycles. The molecule has 0 amide bonds. The van der Waals surface area contributed by atoms with E-state index in [1.54, 1.807) is 0 Å². The molecule has 12 N–H and O–H groups in total. The molecule has 3 rings (SSSR count). The first-order valence-corrected chi connectivity index (χ1v) is 10.6. The van der Waals surface area contributed by atoms with E-state index in [0.29, 0.717) is 0 Å². The summed E-state index contributed by atoms with van der Waals surface area (Å²) in [6.07, 6.45) is -29.1. The number of aliphatic hydroxyl groups is 12. The third-order valence-corrected chi connectivity index (χ3v) is 6.33. The molecule has 16 nitrogen and oxygen atoms in total. The minimum atomic E-state index is -1.97. The van der Waals surface area contributed by atoms with Crippen molar-refractivity contribution < 1.29 is 80.2 Å². The summed E-state index contributed by atoms with van der Waals surface area (Å²) < 4.78 is 21.4. The van der Waals surface area contributed by atoms with Gasteiger partial charge in [-0.3, -0.25) is 0 Å². The Bertz CT molecular complexity index is 637. The van der Waals surface area contributed by atoms with E-state index in [2.05, 4.69) is 0 Å². The molecule has 0 aromatic carbocycles. The summed E-state index contributed by atoms with van der Waals surface area (Å²) >= 11 is 0. The van der Waals surface area contributed by atoms with Crippen LogP contribution in [0.4, 0.5) is 0 Å². The van der Waals surface area contributed by atoms with E-state index in [1.807, 2.05) is 0 Å². The van der Waals surface area contributed by atoms with Crippen molar-refractivity contribution in [3.05, 3.63) is 0 Å². The number of aliphatic hydroxyl groups excluding tert-OH is 12. The highest BCUT2D eigenvalue weighted by molar-refractivity contribution is 5.01. The van der Waals surface area contributed by atoms with Gasteiger partial charge in [0.05, 0.1) is 13.2 Å². The van der Waals surface area contributed by atoms with Gasteiger partial charge in [-0.25, -0.2) is 0 Å². The van der Waals surface area contributed by atoms with Crippen LogP contribution in [0.15, 0.2) is 0 Å². The predicted octanol–water partition coefficient (Wildman–Crippen LogP) is -8.19. The van der Waals surface area contributed by atoms with Crippen LogP contribution in [-0.2, 0) is 18.9 Å². The number of rotatable bonds is 6. The van der Waals surface area contributed by atoms with Crippen molar-refractivity contribution in [1.82, 2.24) is 0 Å². The van der Waals surface area contributed by atoms with Crippen LogP contribution in [0.1, 0.15) is 0 Å². The van der Waals surface area contributed by atoms with Gasteiger partial charge >= 0.3 is 0 Å². The molecule has 16 atom stereocenters. The summed E-state index contributed by atoms with van der Waals surface area (Å²) in [6.45, 7) is -1.62. The molecule has 2 aliphatic heterocycles. The highest BCUT2D eigenvalue weighted by Gasteiger charge is 2.54. The Kier molecular flexibility index (Phi) is 9.18. The first kappa shape index (κ1) is 27.9. The van der Waals surface area contributed by atoms with E-state index in [1.165, 1.54) is 0 Å². The average Bonchev–Trinajstić information content (AvgIpc) is 2.83. The van der Waals surface area contributed by atoms with Crippen LogP contribution in [0.2, 0.25) is 0 Å². The van der Waals surface area contributed by atoms with Gasteiger partial charge in [-0.2, -0.15) is 0 Å². The largest absolute Gasteiger partial charge is 0.394 e. The van der Waals surface area contributed by atoms with Crippen LogP contribution in [0.25, 0.3) is 0 Å². The minimum Gasteiger partial charge on any atom is -0.394 e. The maximum atomic E-state index is 10.6. The van der Waals surface area contributed by atoms with E-state index < -0.39 is 111 Å². The Balaban J connectivity index is 1.84. The predicted molar refractivity (Wildman–Crippen MR) is 101 cm³/mol. The molecular formula is C18H32O16. The van der Waals surface area contributed by atoms with Crippen molar-refractivity contribution in [3.8, 4) is 0 Å². The van der Waals surface area contributed by atoms with Gasteiger partial charge in [-0.05, 0) is 0 Å². The zero-order chi connectivity index (χ0) is 25.5. The molecular weight excluding hydrogens is 472 g/mol. The van der Waals surface area contributed by atoms with Gasteiger partial charge in [0.1, 0.15) is 85.5 Å². The second kappa shape index (κ2) is 11.2. The quantitative estimate of drug-likeness (QED) is 0.160. The molecule has 1 saturated carbocycles. The van der Waals surface area contributed by atoms with E-state index in [-0.39, 0.29) is 0 Å². The smallest absolute Gasteiger partial charge is 0.187 e. The molecule has 0 spiro atoms. The number of hydrogen-bond acceptors (Lipinski definition) is 16. The number of hydrogen-bond donors (Lipinski definition) is 12. The van der Waals surface area contributed by atoms with Crippen LogP contribution in [0, 0.1) is 0 Å². The van der Waals surface area contributed by atoms with Crippen LogP contribution >= 0.6 is 0 Å². The normalized spacial score (nSPS) is 54.7. The zero-order valence-electron chi connectivity index (χ0n) is 17.7. The zero-order valence-corrected chi connectivity index (χ0v) is 17.7. The first-order valence-electron chi connectivity index (χ1n) is 10.6. The first-order chi connectivity index (χ1) is 15.9. The highest BCUT2D eigenvalue weighted by Crippen LogP contribution is 2.32. The molecule has 0 aromatic rings. The summed E-state index contributed by atoms with van der Waals surface area (Å²) in [7, 11) is 0. The molecule has 3 fully saturated rings. The van der Waals surface area contributed by atoms with Crippen molar-refractivity contribution >= 4 is 0 Å². The fourth-order valence-electron chi connectivity index (χ4n) is 4.16. The van der Waals surface area contributed by atoms with Gasteiger partial charge in [-0.1, -0.05) is 0 Å². The molecule has 2 heterocycles. The van der Waals surface area contributed by atoms with Crippen molar-refractivity contribution in [2.24, 2.45) is 0 Å². The topological polar surface area (TPSA) is 280 Å². The molecule has 16 heteroatoms. The molecule has 0 radical (unpaired) electrons. The van der Waals surface area contributed by atoms with Gasteiger partial charge in [-0.15, -0.1) is 0 Å². The van der Waals surface area contributed by atoms with E-state index in [0.717, 1.165) is 0 Å². The second-order valence-corrected chi connectivity index (χ2v) is 8.56. The Morgan fingerprint density at radius 3 is 1.26 bits per heavy atom. The molecule has 34 heavy (non-hydrogen) atoms. The molecule has 0 aromatic heterocycles. The highest BCUT2D eigenvalue weighted by atomic mass is 16.8. The lowest BCUT2D eigenvalue weighted by molar-refractivity contribution is -0.381. The van der Waals surface area contributed by atoms with Gasteiger partial charge < -0.3 is 80.2 Å². The second-order valence-electron chi connectivity index (χ2n) is 8.56. The Morgan fingerprint density at radius 1 is 0.412 bits per heavy atom. The Morgan fingerprint density at radius 2 is 0.765 bits per heavy atom. The van der Waals surface area contributed by atoms with Gasteiger partial charge in [0.25, 0.3) is 0 Å². The maximum absolute atomic E-state index is 10.6. The van der Waals surface area contributed by atoms with E-state index in [9.17, 15) is 61.3 Å². The van der Waals surface area contributed by atoms with E-state index in [4.69, 9.17) is 18.9 Å². The van der Waals surface area contributed by atoms with Gasteiger partial charge in [0, 0.05) is 0 Å². The molecule has 1 aliphatic carbocycles. The Hall–Kier alpha value is -0.640. The minimum absolute atomic E-state index is 0.789. The summed E-state index contributed by atoms with van der Waals surface area (Å²) in [4.78, 5) is 0. The van der Waals surface area contributed by atoms with Crippen molar-refractivity contribution in [3.63, 3.8) is 0 Å². The van der Waals surface area contributed by atoms with Crippen molar-refractivity contribution in [2.45, 2.75) is 98.0 Å². The molecule has 200 valence electrons. The monoisotopic (exact) mass is 504 g/mol. The number of ether oxygens (including phenoxy) is 4. The van der Waals surface area contributed by atoms with Crippen LogP contribution < -0.4 is 0 Å². The Labute approximate surface area is 192 Å². The fourth-order valence-corrected chi connectivity index (χ4v) is 4.16. The third kappa shape index (κ3) is 5.09. The van der Waals surface area contributed by atoms with Crippen LogP contribution in [-0.4, -0.2) is 173 Å². The average molecular weight is 504 g/mol.